The van der Waals surface area contributed by atoms with E-state index in [-0.39, 0.29) is 22.3 Å². The lowest BCUT2D eigenvalue weighted by Crippen LogP contribution is -2.15. The molecule has 0 spiro atoms. The number of anilines is 3. The van der Waals surface area contributed by atoms with E-state index in [2.05, 4.69) is 20.2 Å². The third-order valence-electron chi connectivity index (χ3n) is 3.63. The highest BCUT2D eigenvalue weighted by molar-refractivity contribution is 7.92. The Morgan fingerprint density at radius 3 is 2.26 bits per heavy atom. The van der Waals surface area contributed by atoms with E-state index in [9.17, 15) is 12.8 Å². The first kappa shape index (κ1) is 18.6. The van der Waals surface area contributed by atoms with E-state index in [1.165, 1.54) is 31.4 Å². The second-order valence-corrected chi connectivity index (χ2v) is 7.35. The summed E-state index contributed by atoms with van der Waals surface area (Å²) < 4.78 is 45.7. The van der Waals surface area contributed by atoms with E-state index in [0.717, 1.165) is 5.56 Å². The predicted octanol–water partition coefficient (Wildman–Crippen LogP) is 3.48. The van der Waals surface area contributed by atoms with Gasteiger partial charge in [-0.1, -0.05) is 6.07 Å². The molecule has 1 heterocycles. The van der Waals surface area contributed by atoms with E-state index < -0.39 is 10.0 Å². The van der Waals surface area contributed by atoms with Crippen LogP contribution >= 0.6 is 0 Å². The van der Waals surface area contributed by atoms with Gasteiger partial charge in [0, 0.05) is 5.69 Å². The van der Waals surface area contributed by atoms with Crippen LogP contribution in [0.1, 0.15) is 5.56 Å². The monoisotopic (exact) mass is 388 g/mol. The highest BCUT2D eigenvalue weighted by Crippen LogP contribution is 2.26. The number of hydrogen-bond acceptors (Lipinski definition) is 6. The molecule has 3 rings (SSSR count). The second-order valence-electron chi connectivity index (χ2n) is 5.70. The Kier molecular flexibility index (Phi) is 5.22. The van der Waals surface area contributed by atoms with Crippen molar-refractivity contribution >= 4 is 27.3 Å². The number of benzene rings is 2. The van der Waals surface area contributed by atoms with E-state index in [1.807, 2.05) is 0 Å². The van der Waals surface area contributed by atoms with Crippen LogP contribution in [0.3, 0.4) is 0 Å². The topological polar surface area (TPSA) is 93.2 Å². The zero-order valence-electron chi connectivity index (χ0n) is 14.6. The number of nitrogens with one attached hydrogen (secondary N) is 2. The normalized spacial score (nSPS) is 11.1. The van der Waals surface area contributed by atoms with E-state index in [4.69, 9.17) is 4.74 Å². The van der Waals surface area contributed by atoms with Gasteiger partial charge in [-0.15, -0.1) is 10.2 Å². The zero-order valence-corrected chi connectivity index (χ0v) is 15.4. The van der Waals surface area contributed by atoms with Crippen molar-refractivity contribution in [2.24, 2.45) is 0 Å². The van der Waals surface area contributed by atoms with Crippen molar-refractivity contribution < 1.29 is 17.5 Å². The minimum Gasteiger partial charge on any atom is -0.495 e. The van der Waals surface area contributed by atoms with Crippen LogP contribution in [0.5, 0.6) is 5.75 Å². The van der Waals surface area contributed by atoms with Crippen LogP contribution in [0.25, 0.3) is 0 Å². The molecule has 0 bridgehead atoms. The molecule has 140 valence electrons. The highest BCUT2D eigenvalue weighted by Gasteiger charge is 2.20. The molecule has 0 unspecified atom stereocenters. The first-order chi connectivity index (χ1) is 12.9. The minimum atomic E-state index is -3.89. The van der Waals surface area contributed by atoms with Crippen molar-refractivity contribution in [3.05, 3.63) is 66.0 Å². The number of rotatable bonds is 6. The summed E-state index contributed by atoms with van der Waals surface area (Å²) in [6, 6.07) is 13.6. The molecule has 2 aromatic carbocycles. The maximum atomic E-state index is 12.9. The summed E-state index contributed by atoms with van der Waals surface area (Å²) in [7, 11) is -2.49. The van der Waals surface area contributed by atoms with Gasteiger partial charge in [-0.25, -0.2) is 12.8 Å². The van der Waals surface area contributed by atoms with Crippen LogP contribution < -0.4 is 14.8 Å². The van der Waals surface area contributed by atoms with Gasteiger partial charge < -0.3 is 10.1 Å². The van der Waals surface area contributed by atoms with Gasteiger partial charge in [0.15, 0.2) is 11.6 Å². The lowest BCUT2D eigenvalue weighted by molar-refractivity contribution is 0.402. The Hall–Kier alpha value is -3.20. The molecule has 27 heavy (non-hydrogen) atoms. The Bertz CT molecular complexity index is 1040. The average Bonchev–Trinajstić information content (AvgIpc) is 2.65. The summed E-state index contributed by atoms with van der Waals surface area (Å²) in [5.74, 6) is 0.333. The standard InChI is InChI=1S/C18H17FN4O3S/c1-12-3-8-15(26-2)16(11-12)27(24,25)23-18-10-9-17(21-22-18)20-14-6-4-13(19)5-7-14/h3-11H,1-2H3,(H,20,21)(H,22,23). The van der Waals surface area contributed by atoms with Crippen molar-refractivity contribution in [1.29, 1.82) is 0 Å². The Labute approximate surface area is 156 Å². The van der Waals surface area contributed by atoms with Crippen LogP contribution in [-0.2, 0) is 10.0 Å². The Morgan fingerprint density at radius 2 is 1.63 bits per heavy atom. The molecule has 0 saturated carbocycles. The third kappa shape index (κ3) is 4.50. The quantitative estimate of drug-likeness (QED) is 0.672. The first-order valence-electron chi connectivity index (χ1n) is 7.91. The molecule has 0 radical (unpaired) electrons. The maximum Gasteiger partial charge on any atom is 0.266 e. The van der Waals surface area contributed by atoms with Gasteiger partial charge in [0.05, 0.1) is 7.11 Å². The summed E-state index contributed by atoms with van der Waals surface area (Å²) in [6.45, 7) is 1.79. The number of sulfonamides is 1. The number of aryl methyl sites for hydroxylation is 1. The van der Waals surface area contributed by atoms with Crippen LogP contribution in [0, 0.1) is 12.7 Å². The molecule has 7 nitrogen and oxygen atoms in total. The lowest BCUT2D eigenvalue weighted by atomic mass is 10.2. The van der Waals surface area contributed by atoms with Crippen molar-refractivity contribution in [3.8, 4) is 5.75 Å². The molecule has 0 amide bonds. The van der Waals surface area contributed by atoms with Crippen LogP contribution in [0.2, 0.25) is 0 Å². The molecular weight excluding hydrogens is 371 g/mol. The molecule has 2 N–H and O–H groups in total. The van der Waals surface area contributed by atoms with Crippen LogP contribution in [0.4, 0.5) is 21.7 Å². The van der Waals surface area contributed by atoms with E-state index in [0.29, 0.717) is 11.5 Å². The molecule has 0 atom stereocenters. The maximum absolute atomic E-state index is 12.9. The highest BCUT2D eigenvalue weighted by atomic mass is 32.2. The molecule has 9 heteroatoms. The Balaban J connectivity index is 1.77. The number of nitrogens with zero attached hydrogens (tertiary/aromatic N) is 2. The fourth-order valence-corrected chi connectivity index (χ4v) is 3.57. The fraction of sp³-hybridized carbons (Fsp3) is 0.111. The van der Waals surface area contributed by atoms with Crippen LogP contribution in [-0.4, -0.2) is 25.7 Å². The largest absolute Gasteiger partial charge is 0.495 e. The Morgan fingerprint density at radius 1 is 0.963 bits per heavy atom. The van der Waals surface area contributed by atoms with Gasteiger partial charge in [0.25, 0.3) is 10.0 Å². The van der Waals surface area contributed by atoms with Gasteiger partial charge in [-0.2, -0.15) is 0 Å². The second kappa shape index (κ2) is 7.58. The van der Waals surface area contributed by atoms with Crippen molar-refractivity contribution in [1.82, 2.24) is 10.2 Å². The molecule has 0 aliphatic rings. The summed E-state index contributed by atoms with van der Waals surface area (Å²) in [6.07, 6.45) is 0. The lowest BCUT2D eigenvalue weighted by Gasteiger charge is -2.12. The molecule has 0 saturated heterocycles. The van der Waals surface area contributed by atoms with Gasteiger partial charge in [-0.3, -0.25) is 4.72 Å². The SMILES string of the molecule is COc1ccc(C)cc1S(=O)(=O)Nc1ccc(Nc2ccc(F)cc2)nn1. The van der Waals surface area contributed by atoms with Gasteiger partial charge in [0.2, 0.25) is 0 Å². The summed E-state index contributed by atoms with van der Waals surface area (Å²) in [5, 5.41) is 10.7. The molecule has 3 aromatic rings. The number of ether oxygens (including phenoxy) is 1. The minimum absolute atomic E-state index is 0.0142. The number of aromatic nitrogens is 2. The van der Waals surface area contributed by atoms with E-state index >= 15 is 0 Å². The van der Waals surface area contributed by atoms with Crippen molar-refractivity contribution in [2.75, 3.05) is 17.1 Å². The first-order valence-corrected chi connectivity index (χ1v) is 9.39. The van der Waals surface area contributed by atoms with Gasteiger partial charge in [0.1, 0.15) is 16.5 Å². The average molecular weight is 388 g/mol. The summed E-state index contributed by atoms with van der Waals surface area (Å²) in [5.41, 5.74) is 1.41. The van der Waals surface area contributed by atoms with Crippen molar-refractivity contribution in [2.45, 2.75) is 11.8 Å². The number of halogens is 1. The third-order valence-corrected chi connectivity index (χ3v) is 5.00. The van der Waals surface area contributed by atoms with Gasteiger partial charge >= 0.3 is 0 Å². The number of hydrogen-bond donors (Lipinski definition) is 2. The molecule has 0 aliphatic heterocycles. The predicted molar refractivity (Wildman–Crippen MR) is 100 cm³/mol. The van der Waals surface area contributed by atoms with E-state index in [1.54, 1.807) is 37.3 Å². The fourth-order valence-electron chi connectivity index (χ4n) is 2.32. The summed E-state index contributed by atoms with van der Waals surface area (Å²) in [4.78, 5) is 0.0142. The molecule has 0 fully saturated rings. The molecule has 1 aromatic heterocycles. The number of methoxy groups -OCH3 is 1. The zero-order chi connectivity index (χ0) is 19.4. The van der Waals surface area contributed by atoms with Gasteiger partial charge in [-0.05, 0) is 61.0 Å². The van der Waals surface area contributed by atoms with Crippen molar-refractivity contribution in [3.63, 3.8) is 0 Å². The summed E-state index contributed by atoms with van der Waals surface area (Å²) >= 11 is 0. The van der Waals surface area contributed by atoms with Crippen LogP contribution in [0.15, 0.2) is 59.5 Å². The smallest absolute Gasteiger partial charge is 0.266 e. The molecule has 0 aliphatic carbocycles. The molecular formula is C18H17FN4O3S.